The fraction of sp³-hybridized carbons (Fsp3) is 0.350. The number of piperazine rings is 1. The topological polar surface area (TPSA) is 87.5 Å². The molecular weight excluding hydrogens is 370 g/mol. The van der Waals surface area contributed by atoms with Crippen LogP contribution in [0.5, 0.6) is 0 Å². The number of benzene rings is 1. The van der Waals surface area contributed by atoms with Crippen LogP contribution in [0, 0.1) is 0 Å². The van der Waals surface area contributed by atoms with E-state index in [-0.39, 0.29) is 11.5 Å². The van der Waals surface area contributed by atoms with Crippen LogP contribution in [0.3, 0.4) is 0 Å². The molecular formula is C20H23N7O2. The predicted molar refractivity (Wildman–Crippen MR) is 111 cm³/mol. The third-order valence-electron chi connectivity index (χ3n) is 5.16. The molecule has 3 aromatic rings. The predicted octanol–water partition coefficient (Wildman–Crippen LogP) is 0.752. The number of anilines is 2. The SMILES string of the molecule is CN(C)c1ccc(C(=O)N2CCN(c3ccc4c(=O)n(C)cnc4c3)CC2)nn1. The number of hydrogen-bond donors (Lipinski definition) is 0. The average molecular weight is 393 g/mol. The largest absolute Gasteiger partial charge is 0.368 e. The van der Waals surface area contributed by atoms with E-state index in [1.54, 1.807) is 24.1 Å². The Kier molecular flexibility index (Phi) is 4.87. The molecule has 0 aliphatic carbocycles. The maximum absolute atomic E-state index is 12.7. The van der Waals surface area contributed by atoms with Gasteiger partial charge in [0.25, 0.3) is 11.5 Å². The fourth-order valence-electron chi connectivity index (χ4n) is 3.40. The number of carbonyl (C=O) groups excluding carboxylic acids is 1. The standard InChI is InChI=1S/C20H23N7O2/c1-24(2)18-7-6-16(22-23-18)20(29)27-10-8-26(9-11-27)14-4-5-15-17(12-14)21-13-25(3)19(15)28/h4-7,12-13H,8-11H2,1-3H3. The molecule has 1 aliphatic heterocycles. The third kappa shape index (κ3) is 3.63. The number of aryl methyl sites for hydroxylation is 1. The van der Waals surface area contributed by atoms with Crippen molar-refractivity contribution in [3.63, 3.8) is 0 Å². The Balaban J connectivity index is 1.45. The summed E-state index contributed by atoms with van der Waals surface area (Å²) in [6, 6.07) is 9.20. The summed E-state index contributed by atoms with van der Waals surface area (Å²) in [6.45, 7) is 2.59. The van der Waals surface area contributed by atoms with Gasteiger partial charge in [0.05, 0.1) is 17.2 Å². The Labute approximate surface area is 168 Å². The minimum atomic E-state index is -0.105. The van der Waals surface area contributed by atoms with Crippen LogP contribution in [0.2, 0.25) is 0 Å². The fourth-order valence-corrected chi connectivity index (χ4v) is 3.40. The summed E-state index contributed by atoms with van der Waals surface area (Å²) in [4.78, 5) is 35.1. The second-order valence-corrected chi connectivity index (χ2v) is 7.31. The van der Waals surface area contributed by atoms with Gasteiger partial charge in [0.1, 0.15) is 0 Å². The van der Waals surface area contributed by atoms with Crippen LogP contribution in [0.4, 0.5) is 11.5 Å². The lowest BCUT2D eigenvalue weighted by Crippen LogP contribution is -2.49. The van der Waals surface area contributed by atoms with Crippen molar-refractivity contribution in [2.75, 3.05) is 50.1 Å². The third-order valence-corrected chi connectivity index (χ3v) is 5.16. The number of fused-ring (bicyclic) bond motifs is 1. The summed E-state index contributed by atoms with van der Waals surface area (Å²) in [6.07, 6.45) is 1.54. The van der Waals surface area contributed by atoms with Gasteiger partial charge >= 0.3 is 0 Å². The van der Waals surface area contributed by atoms with Crippen molar-refractivity contribution in [2.24, 2.45) is 7.05 Å². The molecule has 1 saturated heterocycles. The van der Waals surface area contributed by atoms with Gasteiger partial charge in [0.15, 0.2) is 11.5 Å². The monoisotopic (exact) mass is 393 g/mol. The van der Waals surface area contributed by atoms with Gasteiger partial charge in [0.2, 0.25) is 0 Å². The molecule has 1 aromatic carbocycles. The average Bonchev–Trinajstić information content (AvgIpc) is 2.76. The van der Waals surface area contributed by atoms with Gasteiger partial charge < -0.3 is 19.3 Å². The molecule has 1 amide bonds. The van der Waals surface area contributed by atoms with Crippen LogP contribution >= 0.6 is 0 Å². The Morgan fingerprint density at radius 1 is 1.03 bits per heavy atom. The highest BCUT2D eigenvalue weighted by atomic mass is 16.2. The maximum Gasteiger partial charge on any atom is 0.274 e. The smallest absolute Gasteiger partial charge is 0.274 e. The normalized spacial score (nSPS) is 14.3. The first-order valence-corrected chi connectivity index (χ1v) is 9.45. The highest BCUT2D eigenvalue weighted by Crippen LogP contribution is 2.21. The first kappa shape index (κ1) is 18.9. The van der Waals surface area contributed by atoms with E-state index in [0.29, 0.717) is 48.6 Å². The molecule has 0 spiro atoms. The molecule has 0 radical (unpaired) electrons. The van der Waals surface area contributed by atoms with E-state index in [4.69, 9.17) is 0 Å². The molecule has 29 heavy (non-hydrogen) atoms. The zero-order valence-corrected chi connectivity index (χ0v) is 16.7. The molecule has 0 saturated carbocycles. The van der Waals surface area contributed by atoms with Crippen LogP contribution in [0.1, 0.15) is 10.5 Å². The zero-order chi connectivity index (χ0) is 20.5. The minimum absolute atomic E-state index is 0.0571. The molecule has 9 heteroatoms. The van der Waals surface area contributed by atoms with Gasteiger partial charge in [-0.3, -0.25) is 9.59 Å². The summed E-state index contributed by atoms with van der Waals surface area (Å²) >= 11 is 0. The maximum atomic E-state index is 12.7. The van der Waals surface area contributed by atoms with E-state index < -0.39 is 0 Å². The minimum Gasteiger partial charge on any atom is -0.368 e. The summed E-state index contributed by atoms with van der Waals surface area (Å²) in [5.41, 5.74) is 1.98. The summed E-state index contributed by atoms with van der Waals surface area (Å²) < 4.78 is 1.47. The van der Waals surface area contributed by atoms with Gasteiger partial charge in [-0.25, -0.2) is 4.98 Å². The number of aromatic nitrogens is 4. The van der Waals surface area contributed by atoms with E-state index in [1.807, 2.05) is 37.2 Å². The van der Waals surface area contributed by atoms with Crippen LogP contribution in [-0.2, 0) is 7.05 Å². The van der Waals surface area contributed by atoms with Gasteiger partial charge in [-0.2, -0.15) is 0 Å². The molecule has 150 valence electrons. The molecule has 0 N–H and O–H groups in total. The lowest BCUT2D eigenvalue weighted by Gasteiger charge is -2.36. The first-order valence-electron chi connectivity index (χ1n) is 9.45. The highest BCUT2D eigenvalue weighted by molar-refractivity contribution is 5.92. The Morgan fingerprint density at radius 2 is 1.79 bits per heavy atom. The quantitative estimate of drug-likeness (QED) is 0.649. The van der Waals surface area contributed by atoms with Crippen LogP contribution in [0.15, 0.2) is 41.5 Å². The van der Waals surface area contributed by atoms with Crippen molar-refractivity contribution in [2.45, 2.75) is 0 Å². The molecule has 3 heterocycles. The number of nitrogens with zero attached hydrogens (tertiary/aromatic N) is 7. The van der Waals surface area contributed by atoms with Crippen molar-refractivity contribution >= 4 is 28.3 Å². The number of hydrogen-bond acceptors (Lipinski definition) is 7. The Hall–Kier alpha value is -3.49. The van der Waals surface area contributed by atoms with E-state index in [9.17, 15) is 9.59 Å². The number of rotatable bonds is 3. The van der Waals surface area contributed by atoms with E-state index in [2.05, 4.69) is 20.1 Å². The molecule has 9 nitrogen and oxygen atoms in total. The van der Waals surface area contributed by atoms with Gasteiger partial charge in [-0.15, -0.1) is 10.2 Å². The molecule has 1 fully saturated rings. The molecule has 2 aromatic heterocycles. The molecule has 0 bridgehead atoms. The van der Waals surface area contributed by atoms with Crippen molar-refractivity contribution in [1.82, 2.24) is 24.6 Å². The van der Waals surface area contributed by atoms with Gasteiger partial charge in [-0.1, -0.05) is 0 Å². The van der Waals surface area contributed by atoms with Crippen molar-refractivity contribution in [3.05, 3.63) is 52.7 Å². The van der Waals surface area contributed by atoms with E-state index >= 15 is 0 Å². The molecule has 0 atom stereocenters. The Bertz CT molecular complexity index is 1100. The van der Waals surface area contributed by atoms with Crippen LogP contribution in [-0.4, -0.2) is 70.8 Å². The van der Waals surface area contributed by atoms with Crippen molar-refractivity contribution in [3.8, 4) is 0 Å². The summed E-state index contributed by atoms with van der Waals surface area (Å²) in [7, 11) is 5.45. The lowest BCUT2D eigenvalue weighted by molar-refractivity contribution is 0.0739. The van der Waals surface area contributed by atoms with Crippen molar-refractivity contribution < 1.29 is 4.79 Å². The lowest BCUT2D eigenvalue weighted by atomic mass is 10.2. The molecule has 0 unspecified atom stereocenters. The van der Waals surface area contributed by atoms with Crippen molar-refractivity contribution in [1.29, 1.82) is 0 Å². The zero-order valence-electron chi connectivity index (χ0n) is 16.7. The Morgan fingerprint density at radius 3 is 2.45 bits per heavy atom. The summed E-state index contributed by atoms with van der Waals surface area (Å²) in [5.74, 6) is 0.609. The molecule has 1 aliphatic rings. The number of amides is 1. The van der Waals surface area contributed by atoms with Crippen LogP contribution in [0.25, 0.3) is 10.9 Å². The van der Waals surface area contributed by atoms with Gasteiger partial charge in [0, 0.05) is 53.0 Å². The van der Waals surface area contributed by atoms with E-state index in [0.717, 1.165) is 5.69 Å². The second-order valence-electron chi connectivity index (χ2n) is 7.31. The highest BCUT2D eigenvalue weighted by Gasteiger charge is 2.24. The first-order chi connectivity index (χ1) is 13.9. The second kappa shape index (κ2) is 7.50. The molecule has 4 rings (SSSR count). The van der Waals surface area contributed by atoms with Gasteiger partial charge in [-0.05, 0) is 30.3 Å². The number of carbonyl (C=O) groups is 1. The van der Waals surface area contributed by atoms with Crippen LogP contribution < -0.4 is 15.4 Å². The van der Waals surface area contributed by atoms with E-state index in [1.165, 1.54) is 10.9 Å². The summed E-state index contributed by atoms with van der Waals surface area (Å²) in [5, 5.41) is 8.75.